The van der Waals surface area contributed by atoms with Gasteiger partial charge in [-0.15, -0.1) is 0 Å². The largest absolute Gasteiger partial charge is 0.366 e. The monoisotopic (exact) mass is 232 g/mol. The number of rotatable bonds is 3. The van der Waals surface area contributed by atoms with E-state index in [1.54, 1.807) is 6.20 Å². The van der Waals surface area contributed by atoms with Gasteiger partial charge in [-0.3, -0.25) is 5.10 Å². The second-order valence-corrected chi connectivity index (χ2v) is 5.17. The van der Waals surface area contributed by atoms with Crippen LogP contribution in [-0.4, -0.2) is 33.3 Å². The van der Waals surface area contributed by atoms with Crippen molar-refractivity contribution < 1.29 is 0 Å². The Labute approximate surface area is 99.2 Å². The molecule has 3 N–H and O–H groups in total. The summed E-state index contributed by atoms with van der Waals surface area (Å²) < 4.78 is 0. The molecule has 0 radical (unpaired) electrons. The van der Waals surface area contributed by atoms with E-state index >= 15 is 0 Å². The first-order chi connectivity index (χ1) is 8.10. The van der Waals surface area contributed by atoms with Gasteiger partial charge in [-0.1, -0.05) is 13.8 Å². The molecule has 17 heavy (non-hydrogen) atoms. The SMILES string of the molecule is CNc1nc(NC2CC2(C)C)c2cn[nH]c2n1. The van der Waals surface area contributed by atoms with Crippen molar-refractivity contribution in [3.63, 3.8) is 0 Å². The summed E-state index contributed by atoms with van der Waals surface area (Å²) in [5, 5.41) is 14.2. The molecule has 3 rings (SSSR count). The van der Waals surface area contributed by atoms with Crippen LogP contribution in [0.4, 0.5) is 11.8 Å². The van der Waals surface area contributed by atoms with Gasteiger partial charge in [-0.05, 0) is 11.8 Å². The fourth-order valence-corrected chi connectivity index (χ4v) is 1.94. The van der Waals surface area contributed by atoms with Gasteiger partial charge in [-0.25, -0.2) is 0 Å². The zero-order chi connectivity index (χ0) is 12.0. The van der Waals surface area contributed by atoms with Crippen molar-refractivity contribution >= 4 is 22.8 Å². The minimum Gasteiger partial charge on any atom is -0.366 e. The Morgan fingerprint density at radius 1 is 1.41 bits per heavy atom. The molecule has 0 aromatic carbocycles. The normalized spacial score (nSPS) is 21.5. The van der Waals surface area contributed by atoms with E-state index in [0.717, 1.165) is 16.9 Å². The minimum absolute atomic E-state index is 0.362. The topological polar surface area (TPSA) is 78.5 Å². The van der Waals surface area contributed by atoms with E-state index in [-0.39, 0.29) is 0 Å². The van der Waals surface area contributed by atoms with Gasteiger partial charge in [0.15, 0.2) is 5.65 Å². The highest BCUT2D eigenvalue weighted by Gasteiger charge is 2.46. The number of nitrogens with zero attached hydrogens (tertiary/aromatic N) is 3. The maximum atomic E-state index is 4.44. The van der Waals surface area contributed by atoms with E-state index in [1.165, 1.54) is 6.42 Å². The fraction of sp³-hybridized carbons (Fsp3) is 0.545. The molecule has 1 atom stereocenters. The van der Waals surface area contributed by atoms with Crippen molar-refractivity contribution in [1.29, 1.82) is 0 Å². The van der Waals surface area contributed by atoms with Crippen LogP contribution in [0.3, 0.4) is 0 Å². The number of aromatic amines is 1. The molecule has 0 amide bonds. The van der Waals surface area contributed by atoms with Crippen molar-refractivity contribution in [2.24, 2.45) is 5.41 Å². The molecular weight excluding hydrogens is 216 g/mol. The lowest BCUT2D eigenvalue weighted by Gasteiger charge is -2.09. The van der Waals surface area contributed by atoms with Crippen LogP contribution in [0.2, 0.25) is 0 Å². The highest BCUT2D eigenvalue weighted by atomic mass is 15.2. The van der Waals surface area contributed by atoms with E-state index in [9.17, 15) is 0 Å². The van der Waals surface area contributed by atoms with Crippen LogP contribution in [-0.2, 0) is 0 Å². The lowest BCUT2D eigenvalue weighted by Crippen LogP contribution is -2.11. The Balaban J connectivity index is 1.99. The second-order valence-electron chi connectivity index (χ2n) is 5.17. The molecule has 0 bridgehead atoms. The molecule has 6 nitrogen and oxygen atoms in total. The molecule has 0 saturated heterocycles. The summed E-state index contributed by atoms with van der Waals surface area (Å²) >= 11 is 0. The molecule has 0 aliphatic heterocycles. The summed E-state index contributed by atoms with van der Waals surface area (Å²) in [6.07, 6.45) is 2.93. The van der Waals surface area contributed by atoms with Crippen molar-refractivity contribution in [1.82, 2.24) is 20.2 Å². The summed E-state index contributed by atoms with van der Waals surface area (Å²) in [7, 11) is 1.81. The first-order valence-corrected chi connectivity index (χ1v) is 5.75. The van der Waals surface area contributed by atoms with E-state index in [4.69, 9.17) is 0 Å². The summed E-state index contributed by atoms with van der Waals surface area (Å²) in [6, 6.07) is 0.486. The third-order valence-electron chi connectivity index (χ3n) is 3.36. The number of aromatic nitrogens is 4. The third-order valence-corrected chi connectivity index (χ3v) is 3.36. The van der Waals surface area contributed by atoms with Gasteiger partial charge in [0, 0.05) is 13.1 Å². The van der Waals surface area contributed by atoms with Crippen LogP contribution >= 0.6 is 0 Å². The van der Waals surface area contributed by atoms with Crippen molar-refractivity contribution in [2.45, 2.75) is 26.3 Å². The zero-order valence-electron chi connectivity index (χ0n) is 10.2. The average Bonchev–Trinajstić information content (AvgIpc) is 2.74. The lowest BCUT2D eigenvalue weighted by atomic mass is 10.2. The van der Waals surface area contributed by atoms with Gasteiger partial charge in [-0.2, -0.15) is 15.1 Å². The Morgan fingerprint density at radius 3 is 2.82 bits per heavy atom. The molecule has 0 spiro atoms. The predicted molar refractivity (Wildman–Crippen MR) is 67.0 cm³/mol. The number of H-pyrrole nitrogens is 1. The van der Waals surface area contributed by atoms with Crippen LogP contribution in [0.25, 0.3) is 11.0 Å². The maximum Gasteiger partial charge on any atom is 0.226 e. The summed E-state index contributed by atoms with van der Waals surface area (Å²) in [5.41, 5.74) is 1.12. The average molecular weight is 232 g/mol. The molecule has 1 saturated carbocycles. The molecule has 1 aliphatic rings. The smallest absolute Gasteiger partial charge is 0.226 e. The molecule has 1 fully saturated rings. The molecule has 90 valence electrons. The molecule has 2 heterocycles. The first-order valence-electron chi connectivity index (χ1n) is 5.75. The van der Waals surface area contributed by atoms with Gasteiger partial charge >= 0.3 is 0 Å². The standard InChI is InChI=1S/C11H16N6/c1-11(2)4-7(11)14-8-6-5-13-17-9(6)16-10(12-3)15-8/h5,7H,4H2,1-3H3,(H3,12,13,14,15,16,17). The number of fused-ring (bicyclic) bond motifs is 1. The number of hydrogen-bond acceptors (Lipinski definition) is 5. The summed E-state index contributed by atoms with van der Waals surface area (Å²) in [6.45, 7) is 4.49. The third kappa shape index (κ3) is 1.69. The van der Waals surface area contributed by atoms with Gasteiger partial charge in [0.25, 0.3) is 0 Å². The molecule has 1 unspecified atom stereocenters. The van der Waals surface area contributed by atoms with E-state index < -0.39 is 0 Å². The Kier molecular flexibility index (Phi) is 2.01. The van der Waals surface area contributed by atoms with E-state index in [2.05, 4.69) is 44.6 Å². The molecule has 6 heteroatoms. The number of hydrogen-bond donors (Lipinski definition) is 3. The predicted octanol–water partition coefficient (Wildman–Crippen LogP) is 1.60. The Hall–Kier alpha value is -1.85. The van der Waals surface area contributed by atoms with Crippen molar-refractivity contribution in [3.8, 4) is 0 Å². The lowest BCUT2D eigenvalue weighted by molar-refractivity contribution is 0.630. The van der Waals surface area contributed by atoms with Crippen LogP contribution < -0.4 is 10.6 Å². The quantitative estimate of drug-likeness (QED) is 0.749. The Bertz CT molecular complexity index is 558. The number of anilines is 2. The summed E-state index contributed by atoms with van der Waals surface area (Å²) in [4.78, 5) is 8.74. The van der Waals surface area contributed by atoms with Gasteiger partial charge in [0.2, 0.25) is 5.95 Å². The fourth-order valence-electron chi connectivity index (χ4n) is 1.94. The minimum atomic E-state index is 0.362. The maximum absolute atomic E-state index is 4.44. The van der Waals surface area contributed by atoms with Crippen LogP contribution in [0.1, 0.15) is 20.3 Å². The van der Waals surface area contributed by atoms with Crippen LogP contribution in [0.5, 0.6) is 0 Å². The van der Waals surface area contributed by atoms with E-state index in [1.807, 2.05) is 7.05 Å². The van der Waals surface area contributed by atoms with Gasteiger partial charge in [0.1, 0.15) is 5.82 Å². The Morgan fingerprint density at radius 2 is 2.18 bits per heavy atom. The van der Waals surface area contributed by atoms with Crippen LogP contribution in [0, 0.1) is 5.41 Å². The van der Waals surface area contributed by atoms with Gasteiger partial charge in [0.05, 0.1) is 11.6 Å². The second kappa shape index (κ2) is 3.32. The molecular formula is C11H16N6. The first kappa shape index (κ1) is 10.3. The molecule has 1 aliphatic carbocycles. The van der Waals surface area contributed by atoms with Crippen LogP contribution in [0.15, 0.2) is 6.20 Å². The molecule has 2 aromatic rings. The van der Waals surface area contributed by atoms with E-state index in [0.29, 0.717) is 17.4 Å². The number of nitrogens with one attached hydrogen (secondary N) is 3. The van der Waals surface area contributed by atoms with Crippen molar-refractivity contribution in [3.05, 3.63) is 6.20 Å². The summed E-state index contributed by atoms with van der Waals surface area (Å²) in [5.74, 6) is 1.45. The highest BCUT2D eigenvalue weighted by Crippen LogP contribution is 2.46. The van der Waals surface area contributed by atoms with Gasteiger partial charge < -0.3 is 10.6 Å². The highest BCUT2D eigenvalue weighted by molar-refractivity contribution is 5.87. The van der Waals surface area contributed by atoms with Crippen molar-refractivity contribution in [2.75, 3.05) is 17.7 Å². The molecule has 2 aromatic heterocycles. The zero-order valence-corrected chi connectivity index (χ0v) is 10.2.